The number of aromatic nitrogens is 3. The van der Waals surface area contributed by atoms with E-state index in [0.29, 0.717) is 17.8 Å². The number of nitrogens with one attached hydrogen (secondary N) is 2. The Balaban J connectivity index is 1.63. The van der Waals surface area contributed by atoms with Crippen LogP contribution >= 0.6 is 0 Å². The summed E-state index contributed by atoms with van der Waals surface area (Å²) in [6, 6.07) is 10.5. The van der Waals surface area contributed by atoms with Crippen molar-refractivity contribution in [3.8, 4) is 11.3 Å². The second-order valence-electron chi connectivity index (χ2n) is 5.89. The Morgan fingerprint density at radius 1 is 1.15 bits per heavy atom. The first-order valence-corrected chi connectivity index (χ1v) is 8.11. The van der Waals surface area contributed by atoms with Crippen LogP contribution in [0.2, 0.25) is 0 Å². The van der Waals surface area contributed by atoms with Gasteiger partial charge in [0.15, 0.2) is 0 Å². The molecule has 0 unspecified atom stereocenters. The number of rotatable bonds is 5. The van der Waals surface area contributed by atoms with Gasteiger partial charge in [-0.25, -0.2) is 0 Å². The number of pyridine rings is 1. The van der Waals surface area contributed by atoms with Crippen molar-refractivity contribution < 1.29 is 9.59 Å². The van der Waals surface area contributed by atoms with Gasteiger partial charge in [0, 0.05) is 49.7 Å². The number of hydrogen-bond donors (Lipinski definition) is 2. The number of amides is 2. The summed E-state index contributed by atoms with van der Waals surface area (Å²) in [5.74, 6) is -0.330. The van der Waals surface area contributed by atoms with Crippen LogP contribution in [0.15, 0.2) is 55.0 Å². The van der Waals surface area contributed by atoms with Crippen molar-refractivity contribution in [3.05, 3.63) is 66.1 Å². The van der Waals surface area contributed by atoms with Gasteiger partial charge in [-0.2, -0.15) is 5.10 Å². The highest BCUT2D eigenvalue weighted by Gasteiger charge is 2.07. The highest BCUT2D eigenvalue weighted by molar-refractivity contribution is 5.95. The summed E-state index contributed by atoms with van der Waals surface area (Å²) in [5, 5.41) is 9.69. The first-order chi connectivity index (χ1) is 12.5. The van der Waals surface area contributed by atoms with Crippen LogP contribution in [0.4, 0.5) is 5.69 Å². The largest absolute Gasteiger partial charge is 0.348 e. The van der Waals surface area contributed by atoms with Gasteiger partial charge >= 0.3 is 0 Å². The summed E-state index contributed by atoms with van der Waals surface area (Å²) in [6.07, 6.45) is 5.36. The molecule has 0 spiro atoms. The molecular formula is C19H19N5O2. The average molecular weight is 349 g/mol. The van der Waals surface area contributed by atoms with Gasteiger partial charge in [0.2, 0.25) is 5.91 Å². The lowest BCUT2D eigenvalue weighted by Crippen LogP contribution is -2.22. The first kappa shape index (κ1) is 17.3. The third kappa shape index (κ3) is 4.32. The summed E-state index contributed by atoms with van der Waals surface area (Å²) >= 11 is 0. The van der Waals surface area contributed by atoms with Crippen molar-refractivity contribution in [3.63, 3.8) is 0 Å². The molecule has 7 heteroatoms. The van der Waals surface area contributed by atoms with E-state index in [2.05, 4.69) is 20.7 Å². The summed E-state index contributed by atoms with van der Waals surface area (Å²) in [4.78, 5) is 27.6. The molecule has 3 aromatic rings. The Kier molecular flexibility index (Phi) is 5.07. The van der Waals surface area contributed by atoms with Gasteiger partial charge in [-0.15, -0.1) is 0 Å². The zero-order valence-electron chi connectivity index (χ0n) is 14.6. The second kappa shape index (κ2) is 7.60. The van der Waals surface area contributed by atoms with Gasteiger partial charge in [0.25, 0.3) is 5.91 Å². The summed E-state index contributed by atoms with van der Waals surface area (Å²) in [6.45, 7) is 1.83. The maximum atomic E-state index is 12.3. The number of anilines is 1. The second-order valence-corrected chi connectivity index (χ2v) is 5.89. The van der Waals surface area contributed by atoms with E-state index >= 15 is 0 Å². The molecule has 2 aromatic heterocycles. The molecule has 1 aromatic carbocycles. The fourth-order valence-corrected chi connectivity index (χ4v) is 2.49. The van der Waals surface area contributed by atoms with E-state index in [1.807, 2.05) is 25.4 Å². The third-order valence-electron chi connectivity index (χ3n) is 3.75. The molecule has 0 saturated carbocycles. The molecule has 2 N–H and O–H groups in total. The minimum atomic E-state index is -0.181. The van der Waals surface area contributed by atoms with Gasteiger partial charge in [0.05, 0.1) is 11.9 Å². The van der Waals surface area contributed by atoms with Crippen molar-refractivity contribution >= 4 is 17.5 Å². The van der Waals surface area contributed by atoms with E-state index in [0.717, 1.165) is 16.8 Å². The number of benzene rings is 1. The van der Waals surface area contributed by atoms with Gasteiger partial charge in [-0.3, -0.25) is 19.3 Å². The van der Waals surface area contributed by atoms with E-state index in [9.17, 15) is 9.59 Å². The standard InChI is InChI=1S/C19H19N5O2/c1-13(25)23-17-5-3-15(4-6-17)19(26)21-10-14-7-8-20-18(9-14)16-11-22-24(2)12-16/h3-9,11-12H,10H2,1-2H3,(H,21,26)(H,23,25). The van der Waals surface area contributed by atoms with Crippen molar-refractivity contribution in [1.82, 2.24) is 20.1 Å². The van der Waals surface area contributed by atoms with E-state index in [4.69, 9.17) is 0 Å². The number of aryl methyl sites for hydroxylation is 1. The SMILES string of the molecule is CC(=O)Nc1ccc(C(=O)NCc2ccnc(-c3cnn(C)c3)c2)cc1. The number of carbonyl (C=O) groups excluding carboxylic acids is 2. The van der Waals surface area contributed by atoms with E-state index in [1.165, 1.54) is 6.92 Å². The molecule has 26 heavy (non-hydrogen) atoms. The predicted octanol–water partition coefficient (Wildman–Crippen LogP) is 2.37. The number of carbonyl (C=O) groups is 2. The molecule has 132 valence electrons. The molecule has 2 heterocycles. The van der Waals surface area contributed by atoms with Crippen molar-refractivity contribution in [2.24, 2.45) is 7.05 Å². The maximum absolute atomic E-state index is 12.3. The van der Waals surface area contributed by atoms with Gasteiger partial charge < -0.3 is 10.6 Å². The maximum Gasteiger partial charge on any atom is 0.251 e. The fourth-order valence-electron chi connectivity index (χ4n) is 2.49. The van der Waals surface area contributed by atoms with Crippen LogP contribution in [0.25, 0.3) is 11.3 Å². The smallest absolute Gasteiger partial charge is 0.251 e. The van der Waals surface area contributed by atoms with Crippen molar-refractivity contribution in [1.29, 1.82) is 0 Å². The molecule has 0 aliphatic heterocycles. The minimum absolute atomic E-state index is 0.149. The average Bonchev–Trinajstić information content (AvgIpc) is 3.06. The van der Waals surface area contributed by atoms with Crippen LogP contribution in [0, 0.1) is 0 Å². The molecular weight excluding hydrogens is 330 g/mol. The molecule has 0 fully saturated rings. The van der Waals surface area contributed by atoms with Crippen molar-refractivity contribution in [2.45, 2.75) is 13.5 Å². The monoisotopic (exact) mass is 349 g/mol. The molecule has 0 radical (unpaired) electrons. The van der Waals surface area contributed by atoms with Crippen LogP contribution in [0.5, 0.6) is 0 Å². The molecule has 7 nitrogen and oxygen atoms in total. The van der Waals surface area contributed by atoms with Crippen LogP contribution in [0.1, 0.15) is 22.8 Å². The van der Waals surface area contributed by atoms with Gasteiger partial charge in [-0.1, -0.05) is 0 Å². The number of hydrogen-bond acceptors (Lipinski definition) is 4. The van der Waals surface area contributed by atoms with E-state index in [1.54, 1.807) is 41.3 Å². The third-order valence-corrected chi connectivity index (χ3v) is 3.75. The highest BCUT2D eigenvalue weighted by Crippen LogP contribution is 2.16. The van der Waals surface area contributed by atoms with Crippen molar-refractivity contribution in [2.75, 3.05) is 5.32 Å². The van der Waals surface area contributed by atoms with Crippen LogP contribution in [-0.2, 0) is 18.4 Å². The number of nitrogens with zero attached hydrogens (tertiary/aromatic N) is 3. The molecule has 0 atom stereocenters. The molecule has 3 rings (SSSR count). The molecule has 0 aliphatic carbocycles. The highest BCUT2D eigenvalue weighted by atomic mass is 16.2. The van der Waals surface area contributed by atoms with Gasteiger partial charge in [-0.05, 0) is 42.0 Å². The Labute approximate surface area is 151 Å². The van der Waals surface area contributed by atoms with Crippen LogP contribution < -0.4 is 10.6 Å². The van der Waals surface area contributed by atoms with Crippen LogP contribution in [-0.4, -0.2) is 26.6 Å². The zero-order valence-corrected chi connectivity index (χ0v) is 14.6. The minimum Gasteiger partial charge on any atom is -0.348 e. The summed E-state index contributed by atoms with van der Waals surface area (Å²) in [7, 11) is 1.85. The summed E-state index contributed by atoms with van der Waals surface area (Å²) < 4.78 is 1.72. The molecule has 0 saturated heterocycles. The predicted molar refractivity (Wildman–Crippen MR) is 98.4 cm³/mol. The zero-order chi connectivity index (χ0) is 18.5. The Morgan fingerprint density at radius 2 is 1.92 bits per heavy atom. The Morgan fingerprint density at radius 3 is 2.58 bits per heavy atom. The lowest BCUT2D eigenvalue weighted by molar-refractivity contribution is -0.114. The summed E-state index contributed by atoms with van der Waals surface area (Å²) in [5.41, 5.74) is 3.87. The van der Waals surface area contributed by atoms with Gasteiger partial charge in [0.1, 0.15) is 0 Å². The molecule has 2 amide bonds. The van der Waals surface area contributed by atoms with E-state index in [-0.39, 0.29) is 11.8 Å². The van der Waals surface area contributed by atoms with Crippen LogP contribution in [0.3, 0.4) is 0 Å². The Bertz CT molecular complexity index is 931. The normalized spacial score (nSPS) is 10.4. The van der Waals surface area contributed by atoms with E-state index < -0.39 is 0 Å². The first-order valence-electron chi connectivity index (χ1n) is 8.11. The topological polar surface area (TPSA) is 88.9 Å². The Hall–Kier alpha value is -3.48. The molecule has 0 bridgehead atoms. The lowest BCUT2D eigenvalue weighted by Gasteiger charge is -2.07. The quantitative estimate of drug-likeness (QED) is 0.740. The molecule has 0 aliphatic rings. The lowest BCUT2D eigenvalue weighted by atomic mass is 10.1. The fraction of sp³-hybridized carbons (Fsp3) is 0.158.